The maximum atomic E-state index is 14.0. The molecule has 5 rings (SSSR count). The summed E-state index contributed by atoms with van der Waals surface area (Å²) in [6.07, 6.45) is 3.78. The summed E-state index contributed by atoms with van der Waals surface area (Å²) in [4.78, 5) is 35.9. The van der Waals surface area contributed by atoms with Crippen molar-refractivity contribution < 1.29 is 13.6 Å². The van der Waals surface area contributed by atoms with E-state index >= 15 is 0 Å². The maximum absolute atomic E-state index is 14.0. The van der Waals surface area contributed by atoms with E-state index in [2.05, 4.69) is 15.4 Å². The lowest BCUT2D eigenvalue weighted by Crippen LogP contribution is -2.57. The molecule has 0 spiro atoms. The van der Waals surface area contributed by atoms with Gasteiger partial charge in [0.15, 0.2) is 0 Å². The van der Waals surface area contributed by atoms with Crippen molar-refractivity contribution in [2.75, 3.05) is 11.9 Å². The van der Waals surface area contributed by atoms with Gasteiger partial charge in [0.25, 0.3) is 5.56 Å². The number of halogens is 2. The van der Waals surface area contributed by atoms with Gasteiger partial charge in [0, 0.05) is 50.4 Å². The van der Waals surface area contributed by atoms with Gasteiger partial charge in [0.2, 0.25) is 11.9 Å². The number of nitrogens with one attached hydrogen (secondary N) is 2. The summed E-state index contributed by atoms with van der Waals surface area (Å²) in [6.45, 7) is 4.21. The Balaban J connectivity index is 1.60. The Bertz CT molecular complexity index is 1480. The zero-order chi connectivity index (χ0) is 26.9. The van der Waals surface area contributed by atoms with Crippen LogP contribution in [-0.2, 0) is 16.9 Å². The number of aromatic nitrogens is 4. The Morgan fingerprint density at radius 3 is 2.39 bits per heavy atom. The first-order valence-corrected chi connectivity index (χ1v) is 12.4. The van der Waals surface area contributed by atoms with Crippen LogP contribution in [0.4, 0.5) is 14.7 Å². The molecule has 2 aromatic carbocycles. The predicted molar refractivity (Wildman–Crippen MR) is 138 cm³/mol. The number of hydrogen-bond acceptors (Lipinski definition) is 5. The molecule has 196 valence electrons. The number of likely N-dealkylation sites (tertiary alicyclic amines) is 1. The van der Waals surface area contributed by atoms with Gasteiger partial charge in [-0.05, 0) is 54.8 Å². The summed E-state index contributed by atoms with van der Waals surface area (Å²) >= 11 is 0. The fraction of sp³-hybridized carbons (Fsp3) is 0.286. The minimum Gasteiger partial charge on any atom is -0.350 e. The second-order valence-corrected chi connectivity index (χ2v) is 9.66. The Morgan fingerprint density at radius 1 is 1.08 bits per heavy atom. The zero-order valence-corrected chi connectivity index (χ0v) is 21.1. The molecule has 3 atom stereocenters. The Morgan fingerprint density at radius 2 is 1.76 bits per heavy atom. The fourth-order valence-corrected chi connectivity index (χ4v) is 5.47. The molecule has 1 fully saturated rings. The molecule has 8 nitrogen and oxygen atoms in total. The summed E-state index contributed by atoms with van der Waals surface area (Å²) in [5.74, 6) is -0.794. The first kappa shape index (κ1) is 25.3. The molecule has 3 unspecified atom stereocenters. The lowest BCUT2D eigenvalue weighted by atomic mass is 9.69. The summed E-state index contributed by atoms with van der Waals surface area (Å²) < 4.78 is 29.0. The number of nitrogens with zero attached hydrogens (tertiary/aromatic N) is 4. The number of hydrogen-bond donors (Lipinski definition) is 2. The molecule has 1 amide bonds. The predicted octanol–water partition coefficient (Wildman–Crippen LogP) is 4.02. The summed E-state index contributed by atoms with van der Waals surface area (Å²) in [6, 6.07) is 15.4. The highest BCUT2D eigenvalue weighted by atomic mass is 19.1. The van der Waals surface area contributed by atoms with Gasteiger partial charge < -0.3 is 10.2 Å². The SMILES string of the molecule is CC(=O)N1CC(c2ccnc(NCc3ccc(F)cc3)n2)C(c2ccc(F)cc2)(n2ccc(=O)[nH]2)CC1C. The average Bonchev–Trinajstić information content (AvgIpc) is 3.35. The number of rotatable bonds is 6. The van der Waals surface area contributed by atoms with Crippen molar-refractivity contribution in [3.63, 3.8) is 0 Å². The lowest BCUT2D eigenvalue weighted by Gasteiger charge is -2.51. The minimum atomic E-state index is -0.871. The summed E-state index contributed by atoms with van der Waals surface area (Å²) in [7, 11) is 0. The minimum absolute atomic E-state index is 0.0695. The van der Waals surface area contributed by atoms with E-state index < -0.39 is 11.5 Å². The first-order valence-electron chi connectivity index (χ1n) is 12.4. The molecule has 1 aliphatic heterocycles. The molecule has 1 saturated heterocycles. The lowest BCUT2D eigenvalue weighted by molar-refractivity contribution is -0.134. The van der Waals surface area contributed by atoms with Crippen molar-refractivity contribution in [3.05, 3.63) is 112 Å². The Kier molecular flexibility index (Phi) is 6.79. The highest BCUT2D eigenvalue weighted by molar-refractivity contribution is 5.74. The van der Waals surface area contributed by atoms with Gasteiger partial charge in [-0.2, -0.15) is 0 Å². The van der Waals surface area contributed by atoms with Crippen LogP contribution in [0, 0.1) is 11.6 Å². The van der Waals surface area contributed by atoms with Gasteiger partial charge in [-0.25, -0.2) is 18.7 Å². The van der Waals surface area contributed by atoms with E-state index in [1.165, 1.54) is 37.3 Å². The molecule has 10 heteroatoms. The smallest absolute Gasteiger partial charge is 0.264 e. The quantitative estimate of drug-likeness (QED) is 0.402. The number of aromatic amines is 1. The molecule has 2 aromatic heterocycles. The highest BCUT2D eigenvalue weighted by Gasteiger charge is 2.50. The van der Waals surface area contributed by atoms with Crippen LogP contribution >= 0.6 is 0 Å². The number of carbonyl (C=O) groups is 1. The van der Waals surface area contributed by atoms with Crippen LogP contribution < -0.4 is 10.9 Å². The van der Waals surface area contributed by atoms with E-state index in [0.717, 1.165) is 11.1 Å². The van der Waals surface area contributed by atoms with Crippen LogP contribution in [0.1, 0.15) is 43.0 Å². The van der Waals surface area contributed by atoms with Gasteiger partial charge in [0.1, 0.15) is 11.6 Å². The van der Waals surface area contributed by atoms with Crippen molar-refractivity contribution in [1.82, 2.24) is 24.6 Å². The third kappa shape index (κ3) is 4.81. The molecule has 0 bridgehead atoms. The van der Waals surface area contributed by atoms with E-state index in [1.807, 2.05) is 6.92 Å². The molecular formula is C28H28F2N6O2. The Labute approximate surface area is 218 Å². The number of H-pyrrole nitrogens is 1. The van der Waals surface area contributed by atoms with Crippen molar-refractivity contribution in [3.8, 4) is 0 Å². The highest BCUT2D eigenvalue weighted by Crippen LogP contribution is 2.47. The molecule has 0 saturated carbocycles. The van der Waals surface area contributed by atoms with Crippen molar-refractivity contribution in [1.29, 1.82) is 0 Å². The van der Waals surface area contributed by atoms with Crippen LogP contribution in [0.2, 0.25) is 0 Å². The largest absolute Gasteiger partial charge is 0.350 e. The van der Waals surface area contributed by atoms with Crippen molar-refractivity contribution in [2.45, 2.75) is 44.3 Å². The van der Waals surface area contributed by atoms with Crippen LogP contribution in [-0.4, -0.2) is 43.1 Å². The van der Waals surface area contributed by atoms with Crippen molar-refractivity contribution >= 4 is 11.9 Å². The van der Waals surface area contributed by atoms with Crippen LogP contribution in [0.15, 0.2) is 77.9 Å². The second kappa shape index (κ2) is 10.2. The van der Waals surface area contributed by atoms with E-state index in [1.54, 1.807) is 52.3 Å². The first-order chi connectivity index (χ1) is 18.3. The van der Waals surface area contributed by atoms with E-state index in [9.17, 15) is 18.4 Å². The van der Waals surface area contributed by atoms with Gasteiger partial charge in [0.05, 0.1) is 11.2 Å². The van der Waals surface area contributed by atoms with Gasteiger partial charge in [-0.1, -0.05) is 24.3 Å². The monoisotopic (exact) mass is 518 g/mol. The molecule has 1 aliphatic rings. The molecule has 0 aliphatic carbocycles. The molecule has 2 N–H and O–H groups in total. The van der Waals surface area contributed by atoms with Crippen LogP contribution in [0.3, 0.4) is 0 Å². The number of piperidine rings is 1. The summed E-state index contributed by atoms with van der Waals surface area (Å²) in [5.41, 5.74) is 1.16. The van der Waals surface area contributed by atoms with Crippen LogP contribution in [0.25, 0.3) is 0 Å². The van der Waals surface area contributed by atoms with Gasteiger partial charge >= 0.3 is 0 Å². The normalized spacial score (nSPS) is 21.3. The topological polar surface area (TPSA) is 95.9 Å². The fourth-order valence-electron chi connectivity index (χ4n) is 5.47. The third-order valence-electron chi connectivity index (χ3n) is 7.28. The molecule has 0 radical (unpaired) electrons. The molecule has 4 aromatic rings. The summed E-state index contributed by atoms with van der Waals surface area (Å²) in [5, 5.41) is 6.09. The molecule has 3 heterocycles. The maximum Gasteiger partial charge on any atom is 0.264 e. The molecule has 38 heavy (non-hydrogen) atoms. The molecular weight excluding hydrogens is 490 g/mol. The average molecular weight is 519 g/mol. The number of carbonyl (C=O) groups excluding carboxylic acids is 1. The number of anilines is 1. The number of benzene rings is 2. The van der Waals surface area contributed by atoms with E-state index in [0.29, 0.717) is 31.2 Å². The van der Waals surface area contributed by atoms with Crippen molar-refractivity contribution in [2.24, 2.45) is 0 Å². The second-order valence-electron chi connectivity index (χ2n) is 9.66. The number of amides is 1. The van der Waals surface area contributed by atoms with Crippen LogP contribution in [0.5, 0.6) is 0 Å². The zero-order valence-electron chi connectivity index (χ0n) is 21.1. The van der Waals surface area contributed by atoms with E-state index in [4.69, 9.17) is 4.98 Å². The third-order valence-corrected chi connectivity index (χ3v) is 7.28. The Hall–Kier alpha value is -4.34. The van der Waals surface area contributed by atoms with Gasteiger partial charge in [-0.3, -0.25) is 19.4 Å². The van der Waals surface area contributed by atoms with E-state index in [-0.39, 0.29) is 29.1 Å². The van der Waals surface area contributed by atoms with Gasteiger partial charge in [-0.15, -0.1) is 0 Å². The standard InChI is InChI=1S/C28H28F2N6O2/c1-18-15-28(36-14-12-26(38)34-36,21-5-9-23(30)10-6-21)24(17-35(18)19(2)37)25-11-13-31-27(33-25)32-16-20-3-7-22(29)8-4-20/h3-14,18,24H,15-17H2,1-2H3,(H,34,38)(H,31,32,33).